The molecule has 0 aromatic carbocycles. The first-order valence-electron chi connectivity index (χ1n) is 5.24. The minimum atomic E-state index is 0.424. The number of hydrogen-bond donors (Lipinski definition) is 0. The Kier molecular flexibility index (Phi) is 1.82. The molecule has 0 nitrogen and oxygen atoms in total. The molecule has 0 bridgehead atoms. The van der Waals surface area contributed by atoms with Gasteiger partial charge in [-0.25, -0.2) is 0 Å². The van der Waals surface area contributed by atoms with Gasteiger partial charge >= 0.3 is 0 Å². The minimum absolute atomic E-state index is 0.424. The molecule has 0 aromatic heterocycles. The molecule has 2 radical (unpaired) electrons. The van der Waals surface area contributed by atoms with E-state index in [0.717, 1.165) is 17.8 Å². The van der Waals surface area contributed by atoms with Crippen molar-refractivity contribution in [2.75, 3.05) is 0 Å². The van der Waals surface area contributed by atoms with E-state index in [1.165, 1.54) is 19.3 Å². The first-order valence-corrected chi connectivity index (χ1v) is 5.24. The highest BCUT2D eigenvalue weighted by Gasteiger charge is 2.47. The molecule has 0 saturated heterocycles. The van der Waals surface area contributed by atoms with Crippen LogP contribution in [0.25, 0.3) is 0 Å². The van der Waals surface area contributed by atoms with E-state index in [1.54, 1.807) is 0 Å². The van der Waals surface area contributed by atoms with Crippen molar-refractivity contribution in [2.45, 2.75) is 45.9 Å². The average Bonchev–Trinajstić information content (AvgIpc) is 2.61. The highest BCUT2D eigenvalue weighted by atomic mass is 14.5. The van der Waals surface area contributed by atoms with Gasteiger partial charge in [0.1, 0.15) is 0 Å². The second-order valence-corrected chi connectivity index (χ2v) is 5.86. The molecule has 0 aromatic rings. The Labute approximate surface area is 77.5 Å². The molecule has 4 atom stereocenters. The molecule has 0 spiro atoms. The maximum Gasteiger partial charge on any atom is 0.0703 e. The molecule has 2 aliphatic rings. The largest absolute Gasteiger partial charge is 0.0738 e. The molecule has 2 rings (SSSR count). The van der Waals surface area contributed by atoms with Crippen molar-refractivity contribution in [3.63, 3.8) is 0 Å². The smallest absolute Gasteiger partial charge is 0.0703 e. The van der Waals surface area contributed by atoms with Gasteiger partial charge in [-0.2, -0.15) is 0 Å². The van der Waals surface area contributed by atoms with Crippen molar-refractivity contribution in [3.05, 3.63) is 0 Å². The van der Waals surface area contributed by atoms with Crippen LogP contribution in [0.4, 0.5) is 0 Å². The van der Waals surface area contributed by atoms with Crippen LogP contribution in [0.1, 0.15) is 40.0 Å². The number of fused-ring (bicyclic) bond motifs is 1. The topological polar surface area (TPSA) is 0 Å². The molecular formula is C11H19B. The monoisotopic (exact) mass is 162 g/mol. The van der Waals surface area contributed by atoms with E-state index < -0.39 is 0 Å². The molecule has 0 heterocycles. The van der Waals surface area contributed by atoms with E-state index in [9.17, 15) is 0 Å². The molecule has 1 heteroatoms. The Hall–Kier alpha value is 0.0649. The van der Waals surface area contributed by atoms with Crippen LogP contribution in [0.3, 0.4) is 0 Å². The maximum absolute atomic E-state index is 6.18. The third-order valence-electron chi connectivity index (χ3n) is 3.83. The molecule has 0 amide bonds. The van der Waals surface area contributed by atoms with E-state index >= 15 is 0 Å². The van der Waals surface area contributed by atoms with Gasteiger partial charge in [0.25, 0.3) is 0 Å². The second-order valence-electron chi connectivity index (χ2n) is 5.86. The van der Waals surface area contributed by atoms with Crippen LogP contribution in [0.2, 0.25) is 5.82 Å². The lowest BCUT2D eigenvalue weighted by Gasteiger charge is -2.39. The van der Waals surface area contributed by atoms with Crippen molar-refractivity contribution >= 4 is 7.85 Å². The van der Waals surface area contributed by atoms with Gasteiger partial charge < -0.3 is 0 Å². The summed E-state index contributed by atoms with van der Waals surface area (Å²) in [7, 11) is 6.18. The van der Waals surface area contributed by atoms with E-state index in [1.807, 2.05) is 0 Å². The van der Waals surface area contributed by atoms with Gasteiger partial charge in [-0.15, -0.1) is 0 Å². The van der Waals surface area contributed by atoms with Crippen molar-refractivity contribution < 1.29 is 0 Å². The maximum atomic E-state index is 6.18. The first kappa shape index (κ1) is 8.65. The second kappa shape index (κ2) is 2.53. The van der Waals surface area contributed by atoms with Gasteiger partial charge in [-0.05, 0) is 36.0 Å². The Morgan fingerprint density at radius 1 is 1.00 bits per heavy atom. The molecule has 2 saturated carbocycles. The summed E-state index contributed by atoms with van der Waals surface area (Å²) in [6.07, 6.45) is 4.17. The Morgan fingerprint density at radius 2 is 1.58 bits per heavy atom. The fourth-order valence-corrected chi connectivity index (χ4v) is 2.90. The van der Waals surface area contributed by atoms with Crippen LogP contribution >= 0.6 is 0 Å². The fraction of sp³-hybridized carbons (Fsp3) is 1.00. The van der Waals surface area contributed by atoms with E-state index in [-0.39, 0.29) is 0 Å². The van der Waals surface area contributed by atoms with Gasteiger partial charge in [0.05, 0.1) is 7.85 Å². The summed E-state index contributed by atoms with van der Waals surface area (Å²) >= 11 is 0. The van der Waals surface area contributed by atoms with Crippen LogP contribution in [0.5, 0.6) is 0 Å². The third-order valence-corrected chi connectivity index (χ3v) is 3.83. The van der Waals surface area contributed by atoms with Crippen molar-refractivity contribution in [1.29, 1.82) is 0 Å². The summed E-state index contributed by atoms with van der Waals surface area (Å²) in [4.78, 5) is 0. The zero-order chi connectivity index (χ0) is 8.93. The first-order chi connectivity index (χ1) is 5.48. The Morgan fingerprint density at radius 3 is 2.17 bits per heavy atom. The van der Waals surface area contributed by atoms with Gasteiger partial charge in [-0.3, -0.25) is 0 Å². The Bertz CT molecular complexity index is 180. The van der Waals surface area contributed by atoms with Crippen molar-refractivity contribution in [1.82, 2.24) is 0 Å². The highest BCUT2D eigenvalue weighted by molar-refractivity contribution is 6.12. The fourth-order valence-electron chi connectivity index (χ4n) is 2.90. The summed E-state index contributed by atoms with van der Waals surface area (Å²) in [6, 6.07) is 0. The SMILES string of the molecule is [B]C1CC2CC2CC1C(C)(C)C. The standard InChI is InChI=1S/C11H19B/c1-11(2,3)9-5-7-4-8(7)6-10(9)12/h7-10H,4-6H2,1-3H3. The molecule has 4 unspecified atom stereocenters. The lowest BCUT2D eigenvalue weighted by molar-refractivity contribution is 0.174. The van der Waals surface area contributed by atoms with Crippen LogP contribution in [-0.4, -0.2) is 7.85 Å². The number of rotatable bonds is 0. The van der Waals surface area contributed by atoms with Crippen LogP contribution < -0.4 is 0 Å². The quantitative estimate of drug-likeness (QED) is 0.480. The molecule has 0 N–H and O–H groups in total. The van der Waals surface area contributed by atoms with Gasteiger partial charge in [-0.1, -0.05) is 33.0 Å². The Balaban J connectivity index is 2.04. The van der Waals surface area contributed by atoms with Crippen LogP contribution in [0.15, 0.2) is 0 Å². The van der Waals surface area contributed by atoms with Crippen LogP contribution in [0, 0.1) is 23.2 Å². The molecule has 66 valence electrons. The highest BCUT2D eigenvalue weighted by Crippen LogP contribution is 2.58. The van der Waals surface area contributed by atoms with Crippen LogP contribution in [-0.2, 0) is 0 Å². The predicted molar refractivity (Wildman–Crippen MR) is 53.3 cm³/mol. The summed E-state index contributed by atoms with van der Waals surface area (Å²) < 4.78 is 0. The molecular weight excluding hydrogens is 143 g/mol. The molecule has 2 aliphatic carbocycles. The summed E-state index contributed by atoms with van der Waals surface area (Å²) in [5, 5.41) is 0. The molecule has 12 heavy (non-hydrogen) atoms. The van der Waals surface area contributed by atoms with Gasteiger partial charge in [0.15, 0.2) is 0 Å². The van der Waals surface area contributed by atoms with E-state index in [0.29, 0.717) is 11.2 Å². The summed E-state index contributed by atoms with van der Waals surface area (Å²) in [5.74, 6) is 3.31. The zero-order valence-electron chi connectivity index (χ0n) is 8.51. The van der Waals surface area contributed by atoms with Gasteiger partial charge in [0, 0.05) is 0 Å². The zero-order valence-corrected chi connectivity index (χ0v) is 8.51. The molecule has 2 fully saturated rings. The predicted octanol–water partition coefficient (Wildman–Crippen LogP) is 3.04. The lowest BCUT2D eigenvalue weighted by Crippen LogP contribution is -2.28. The molecule has 0 aliphatic heterocycles. The van der Waals surface area contributed by atoms with Crippen molar-refractivity contribution in [3.8, 4) is 0 Å². The van der Waals surface area contributed by atoms with Crippen molar-refractivity contribution in [2.24, 2.45) is 23.2 Å². The minimum Gasteiger partial charge on any atom is -0.0738 e. The third kappa shape index (κ3) is 1.43. The van der Waals surface area contributed by atoms with E-state index in [4.69, 9.17) is 7.85 Å². The normalized spacial score (nSPS) is 46.9. The van der Waals surface area contributed by atoms with Gasteiger partial charge in [0.2, 0.25) is 0 Å². The summed E-state index contributed by atoms with van der Waals surface area (Å²) in [6.45, 7) is 7.00. The lowest BCUT2D eigenvalue weighted by atomic mass is 9.59. The average molecular weight is 162 g/mol. The summed E-state index contributed by atoms with van der Waals surface area (Å²) in [5.41, 5.74) is 0.424. The van der Waals surface area contributed by atoms with E-state index in [2.05, 4.69) is 20.8 Å². The number of hydrogen-bond acceptors (Lipinski definition) is 0.